The van der Waals surface area contributed by atoms with E-state index in [1.807, 2.05) is 0 Å². The van der Waals surface area contributed by atoms with Gasteiger partial charge in [0.25, 0.3) is 0 Å². The van der Waals surface area contributed by atoms with E-state index < -0.39 is 0 Å². The normalized spacial score (nSPS) is 9.60. The van der Waals surface area contributed by atoms with E-state index >= 15 is 0 Å². The van der Waals surface area contributed by atoms with Crippen LogP contribution in [-0.2, 0) is 0 Å². The molecule has 0 fully saturated rings. The first-order chi connectivity index (χ1) is 7.33. The standard InChI is InChI=1S/C8H19N.C4H12N2/c1-3-5-7-9-8-6-4-2;5-3-1-2-4-6/h9H,3-8H2,1-2H3;1-6H2. The van der Waals surface area contributed by atoms with Gasteiger partial charge in [0, 0.05) is 0 Å². The van der Waals surface area contributed by atoms with Crippen molar-refractivity contribution in [2.75, 3.05) is 26.2 Å². The van der Waals surface area contributed by atoms with Crippen LogP contribution in [-0.4, -0.2) is 26.2 Å². The number of hydrogen-bond donors (Lipinski definition) is 3. The molecule has 0 amide bonds. The van der Waals surface area contributed by atoms with Crippen molar-refractivity contribution < 1.29 is 0 Å². The molecule has 0 radical (unpaired) electrons. The summed E-state index contributed by atoms with van der Waals surface area (Å²) in [5.41, 5.74) is 10.3. The highest BCUT2D eigenvalue weighted by molar-refractivity contribution is 4.45. The van der Waals surface area contributed by atoms with E-state index in [-0.39, 0.29) is 0 Å². The Hall–Kier alpha value is -0.120. The van der Waals surface area contributed by atoms with Crippen molar-refractivity contribution in [2.45, 2.75) is 52.4 Å². The van der Waals surface area contributed by atoms with Crippen molar-refractivity contribution in [3.05, 3.63) is 0 Å². The SMILES string of the molecule is CCCCNCCCC.NCCCCN. The van der Waals surface area contributed by atoms with Crippen LogP contribution in [0.4, 0.5) is 0 Å². The van der Waals surface area contributed by atoms with Gasteiger partial charge in [-0.05, 0) is 51.9 Å². The molecule has 0 aromatic heterocycles. The van der Waals surface area contributed by atoms with Crippen LogP contribution < -0.4 is 16.8 Å². The Morgan fingerprint density at radius 1 is 0.733 bits per heavy atom. The Kier molecular flexibility index (Phi) is 22.4. The van der Waals surface area contributed by atoms with Gasteiger partial charge in [0.1, 0.15) is 0 Å². The third-order valence-corrected chi connectivity index (χ3v) is 2.07. The predicted octanol–water partition coefficient (Wildman–Crippen LogP) is 1.86. The van der Waals surface area contributed by atoms with Crippen LogP contribution in [0.3, 0.4) is 0 Å². The summed E-state index contributed by atoms with van der Waals surface area (Å²) in [6.07, 6.45) is 7.39. The molecule has 0 bridgehead atoms. The molecule has 0 unspecified atom stereocenters. The molecule has 0 aliphatic heterocycles. The summed E-state index contributed by atoms with van der Waals surface area (Å²) in [6.45, 7) is 8.41. The topological polar surface area (TPSA) is 64.1 Å². The van der Waals surface area contributed by atoms with Gasteiger partial charge in [-0.15, -0.1) is 0 Å². The summed E-state index contributed by atoms with van der Waals surface area (Å²) in [5, 5.41) is 3.39. The number of unbranched alkanes of at least 4 members (excludes halogenated alkanes) is 3. The maximum absolute atomic E-state index is 5.16. The second-order valence-corrected chi connectivity index (χ2v) is 3.74. The van der Waals surface area contributed by atoms with E-state index in [0.717, 1.165) is 25.9 Å². The van der Waals surface area contributed by atoms with Crippen molar-refractivity contribution in [3.8, 4) is 0 Å². The first-order valence-corrected chi connectivity index (χ1v) is 6.44. The molecule has 3 nitrogen and oxygen atoms in total. The van der Waals surface area contributed by atoms with Crippen LogP contribution in [0.2, 0.25) is 0 Å². The summed E-state index contributed by atoms with van der Waals surface area (Å²) in [4.78, 5) is 0. The molecule has 0 aromatic rings. The van der Waals surface area contributed by atoms with E-state index in [1.165, 1.54) is 38.8 Å². The Balaban J connectivity index is 0. The number of nitrogens with two attached hydrogens (primary N) is 2. The van der Waals surface area contributed by atoms with Gasteiger partial charge in [-0.1, -0.05) is 26.7 Å². The Labute approximate surface area is 96.0 Å². The molecule has 0 aliphatic carbocycles. The smallest absolute Gasteiger partial charge is 0.00490 e. The number of rotatable bonds is 9. The quantitative estimate of drug-likeness (QED) is 0.517. The zero-order valence-electron chi connectivity index (χ0n) is 10.7. The zero-order chi connectivity index (χ0) is 11.8. The molecule has 3 heteroatoms. The molecular formula is C12H31N3. The van der Waals surface area contributed by atoms with Crippen LogP contribution >= 0.6 is 0 Å². The van der Waals surface area contributed by atoms with Gasteiger partial charge in [-0.3, -0.25) is 0 Å². The van der Waals surface area contributed by atoms with Gasteiger partial charge in [-0.25, -0.2) is 0 Å². The first-order valence-electron chi connectivity index (χ1n) is 6.44. The Morgan fingerprint density at radius 3 is 1.40 bits per heavy atom. The highest BCUT2D eigenvalue weighted by Crippen LogP contribution is 1.85. The van der Waals surface area contributed by atoms with Gasteiger partial charge in [-0.2, -0.15) is 0 Å². The molecule has 0 heterocycles. The fourth-order valence-electron chi connectivity index (χ4n) is 1.02. The fraction of sp³-hybridized carbons (Fsp3) is 1.00. The molecule has 15 heavy (non-hydrogen) atoms. The molecule has 0 saturated heterocycles. The molecule has 0 aromatic carbocycles. The van der Waals surface area contributed by atoms with Crippen LogP contribution in [0.5, 0.6) is 0 Å². The minimum Gasteiger partial charge on any atom is -0.330 e. The van der Waals surface area contributed by atoms with Gasteiger partial charge < -0.3 is 16.8 Å². The molecule has 0 saturated carbocycles. The second-order valence-electron chi connectivity index (χ2n) is 3.74. The molecule has 0 aliphatic rings. The van der Waals surface area contributed by atoms with Crippen molar-refractivity contribution in [2.24, 2.45) is 11.5 Å². The molecule has 0 atom stereocenters. The van der Waals surface area contributed by atoms with Gasteiger partial charge >= 0.3 is 0 Å². The van der Waals surface area contributed by atoms with E-state index in [2.05, 4.69) is 19.2 Å². The summed E-state index contributed by atoms with van der Waals surface area (Å²) in [6, 6.07) is 0. The van der Waals surface area contributed by atoms with Crippen LogP contribution in [0.25, 0.3) is 0 Å². The lowest BCUT2D eigenvalue weighted by molar-refractivity contribution is 0.611. The highest BCUT2D eigenvalue weighted by atomic mass is 14.8. The van der Waals surface area contributed by atoms with Crippen molar-refractivity contribution in [1.82, 2.24) is 5.32 Å². The summed E-state index contributed by atoms with van der Waals surface area (Å²) in [5.74, 6) is 0. The summed E-state index contributed by atoms with van der Waals surface area (Å²) >= 11 is 0. The average Bonchev–Trinajstić information content (AvgIpc) is 2.27. The van der Waals surface area contributed by atoms with Gasteiger partial charge in [0.05, 0.1) is 0 Å². The van der Waals surface area contributed by atoms with Gasteiger partial charge in [0.15, 0.2) is 0 Å². The largest absolute Gasteiger partial charge is 0.330 e. The monoisotopic (exact) mass is 217 g/mol. The molecule has 5 N–H and O–H groups in total. The lowest BCUT2D eigenvalue weighted by Crippen LogP contribution is -2.15. The van der Waals surface area contributed by atoms with E-state index in [9.17, 15) is 0 Å². The number of hydrogen-bond acceptors (Lipinski definition) is 3. The fourth-order valence-corrected chi connectivity index (χ4v) is 1.02. The second kappa shape index (κ2) is 19.5. The van der Waals surface area contributed by atoms with E-state index in [4.69, 9.17) is 11.5 Å². The summed E-state index contributed by atoms with van der Waals surface area (Å²) < 4.78 is 0. The predicted molar refractivity (Wildman–Crippen MR) is 70.0 cm³/mol. The van der Waals surface area contributed by atoms with Gasteiger partial charge in [0.2, 0.25) is 0 Å². The van der Waals surface area contributed by atoms with Crippen LogP contribution in [0.1, 0.15) is 52.4 Å². The van der Waals surface area contributed by atoms with E-state index in [1.54, 1.807) is 0 Å². The summed E-state index contributed by atoms with van der Waals surface area (Å²) in [7, 11) is 0. The van der Waals surface area contributed by atoms with Crippen LogP contribution in [0.15, 0.2) is 0 Å². The molecular weight excluding hydrogens is 186 g/mol. The maximum atomic E-state index is 5.16. The third-order valence-electron chi connectivity index (χ3n) is 2.07. The zero-order valence-corrected chi connectivity index (χ0v) is 10.7. The van der Waals surface area contributed by atoms with E-state index in [0.29, 0.717) is 0 Å². The average molecular weight is 217 g/mol. The molecule has 94 valence electrons. The van der Waals surface area contributed by atoms with Crippen molar-refractivity contribution in [3.63, 3.8) is 0 Å². The third kappa shape index (κ3) is 24.8. The molecule has 0 spiro atoms. The number of nitrogens with one attached hydrogen (secondary N) is 1. The highest BCUT2D eigenvalue weighted by Gasteiger charge is 1.83. The van der Waals surface area contributed by atoms with Crippen LogP contribution in [0, 0.1) is 0 Å². The Morgan fingerprint density at radius 2 is 1.13 bits per heavy atom. The minimum absolute atomic E-state index is 0.775. The van der Waals surface area contributed by atoms with Crippen molar-refractivity contribution in [1.29, 1.82) is 0 Å². The minimum atomic E-state index is 0.775. The molecule has 0 rings (SSSR count). The first kappa shape index (κ1) is 17.3. The Bertz CT molecular complexity index is 76.9. The van der Waals surface area contributed by atoms with Crippen molar-refractivity contribution >= 4 is 0 Å². The maximum Gasteiger partial charge on any atom is -0.00490 e. The lowest BCUT2D eigenvalue weighted by Gasteiger charge is -1.99. The lowest BCUT2D eigenvalue weighted by atomic mass is 10.3.